The third kappa shape index (κ3) is 4.62. The van der Waals surface area contributed by atoms with Gasteiger partial charge in [0.15, 0.2) is 0 Å². The molecule has 1 amide bonds. The molecule has 2 aromatic heterocycles. The monoisotopic (exact) mass is 406 g/mol. The zero-order chi connectivity index (χ0) is 20.9. The first-order chi connectivity index (χ1) is 14.6. The molecule has 1 aliphatic rings. The number of aryl methyl sites for hydroxylation is 2. The molecule has 0 unspecified atom stereocenters. The highest BCUT2D eigenvalue weighted by molar-refractivity contribution is 5.79. The number of amides is 1. The summed E-state index contributed by atoms with van der Waals surface area (Å²) in [6, 6.07) is 13.6. The van der Waals surface area contributed by atoms with Crippen molar-refractivity contribution in [3.05, 3.63) is 71.2 Å². The maximum Gasteiger partial charge on any atom is 0.227 e. The molecule has 0 N–H and O–H groups in total. The Morgan fingerprint density at radius 2 is 1.83 bits per heavy atom. The third-order valence-corrected chi connectivity index (χ3v) is 5.45. The van der Waals surface area contributed by atoms with Crippen molar-refractivity contribution in [3.63, 3.8) is 0 Å². The molecule has 156 valence electrons. The average molecular weight is 406 g/mol. The second-order valence-electron chi connectivity index (χ2n) is 7.47. The number of aromatic nitrogens is 2. The summed E-state index contributed by atoms with van der Waals surface area (Å²) in [6.07, 6.45) is 2.20. The van der Waals surface area contributed by atoms with Gasteiger partial charge in [-0.25, -0.2) is 4.98 Å². The maximum absolute atomic E-state index is 12.7. The molecule has 30 heavy (non-hydrogen) atoms. The highest BCUT2D eigenvalue weighted by Gasteiger charge is 2.21. The molecule has 0 radical (unpaired) electrons. The molecule has 1 fully saturated rings. The van der Waals surface area contributed by atoms with E-state index in [1.807, 2.05) is 61.2 Å². The number of hydrogen-bond donors (Lipinski definition) is 0. The normalized spacial score (nSPS) is 14.1. The largest absolute Gasteiger partial charge is 0.489 e. The molecule has 7 heteroatoms. The van der Waals surface area contributed by atoms with E-state index in [2.05, 4.69) is 15.0 Å². The fraction of sp³-hybridized carbons (Fsp3) is 0.348. The predicted octanol–water partition coefficient (Wildman–Crippen LogP) is 3.16. The Bertz CT molecular complexity index is 958. The Morgan fingerprint density at radius 3 is 2.47 bits per heavy atom. The van der Waals surface area contributed by atoms with Crippen LogP contribution in [-0.2, 0) is 17.8 Å². The van der Waals surface area contributed by atoms with E-state index in [0.717, 1.165) is 47.2 Å². The molecule has 3 heterocycles. The van der Waals surface area contributed by atoms with E-state index >= 15 is 0 Å². The lowest BCUT2D eigenvalue weighted by Gasteiger charge is -2.35. The van der Waals surface area contributed by atoms with Crippen molar-refractivity contribution in [1.29, 1.82) is 0 Å². The summed E-state index contributed by atoms with van der Waals surface area (Å²) in [4.78, 5) is 21.2. The summed E-state index contributed by atoms with van der Waals surface area (Å²) in [5, 5.41) is 3.94. The number of carbonyl (C=O) groups is 1. The van der Waals surface area contributed by atoms with Crippen LogP contribution in [0.25, 0.3) is 0 Å². The number of rotatable bonds is 6. The SMILES string of the molecule is Cc1noc(C)c1COc1ccc(CC(=O)N2CCN(c3ccccn3)CC2)cc1. The van der Waals surface area contributed by atoms with E-state index < -0.39 is 0 Å². The van der Waals surface area contributed by atoms with Crippen LogP contribution in [0.4, 0.5) is 5.82 Å². The van der Waals surface area contributed by atoms with Crippen LogP contribution in [0.1, 0.15) is 22.6 Å². The highest BCUT2D eigenvalue weighted by atomic mass is 16.5. The first-order valence-electron chi connectivity index (χ1n) is 10.2. The first kappa shape index (κ1) is 19.9. The van der Waals surface area contributed by atoms with Gasteiger partial charge in [0.05, 0.1) is 17.7 Å². The molecule has 4 rings (SSSR count). The number of anilines is 1. The molecule has 0 spiro atoms. The minimum Gasteiger partial charge on any atom is -0.489 e. The van der Waals surface area contributed by atoms with Crippen molar-refractivity contribution in [3.8, 4) is 5.75 Å². The van der Waals surface area contributed by atoms with Gasteiger partial charge in [0.1, 0.15) is 23.9 Å². The van der Waals surface area contributed by atoms with Crippen molar-refractivity contribution in [1.82, 2.24) is 15.0 Å². The molecule has 7 nitrogen and oxygen atoms in total. The summed E-state index contributed by atoms with van der Waals surface area (Å²) < 4.78 is 11.0. The van der Waals surface area contributed by atoms with Crippen molar-refractivity contribution in [2.24, 2.45) is 0 Å². The van der Waals surface area contributed by atoms with E-state index in [0.29, 0.717) is 26.1 Å². The van der Waals surface area contributed by atoms with Crippen molar-refractivity contribution >= 4 is 11.7 Å². The Morgan fingerprint density at radius 1 is 1.07 bits per heavy atom. The number of ether oxygens (including phenoxy) is 1. The van der Waals surface area contributed by atoms with Crippen LogP contribution in [0.3, 0.4) is 0 Å². The van der Waals surface area contributed by atoms with E-state index in [9.17, 15) is 4.79 Å². The highest BCUT2D eigenvalue weighted by Crippen LogP contribution is 2.19. The fourth-order valence-electron chi connectivity index (χ4n) is 3.58. The first-order valence-corrected chi connectivity index (χ1v) is 10.2. The molecule has 0 bridgehead atoms. The lowest BCUT2D eigenvalue weighted by atomic mass is 10.1. The van der Waals surface area contributed by atoms with E-state index in [1.54, 1.807) is 6.20 Å². The minimum atomic E-state index is 0.153. The quantitative estimate of drug-likeness (QED) is 0.626. The molecule has 3 aromatic rings. The van der Waals surface area contributed by atoms with Gasteiger partial charge in [-0.1, -0.05) is 23.4 Å². The minimum absolute atomic E-state index is 0.153. The number of carbonyl (C=O) groups excluding carboxylic acids is 1. The molecular formula is C23H26N4O3. The average Bonchev–Trinajstić information content (AvgIpc) is 3.11. The van der Waals surface area contributed by atoms with Gasteiger partial charge in [-0.3, -0.25) is 4.79 Å². The second kappa shape index (κ2) is 8.98. The van der Waals surface area contributed by atoms with Gasteiger partial charge in [-0.05, 0) is 43.7 Å². The van der Waals surface area contributed by atoms with Crippen LogP contribution in [0, 0.1) is 13.8 Å². The van der Waals surface area contributed by atoms with E-state index in [-0.39, 0.29) is 5.91 Å². The Labute approximate surface area is 176 Å². The predicted molar refractivity (Wildman–Crippen MR) is 113 cm³/mol. The van der Waals surface area contributed by atoms with Crippen LogP contribution in [0.2, 0.25) is 0 Å². The Hall–Kier alpha value is -3.35. The number of hydrogen-bond acceptors (Lipinski definition) is 6. The topological polar surface area (TPSA) is 71.7 Å². The van der Waals surface area contributed by atoms with Crippen LogP contribution in [0.5, 0.6) is 5.75 Å². The van der Waals surface area contributed by atoms with Crippen LogP contribution in [0.15, 0.2) is 53.2 Å². The molecule has 1 saturated heterocycles. The summed E-state index contributed by atoms with van der Waals surface area (Å²) in [6.45, 7) is 7.24. The van der Waals surface area contributed by atoms with Gasteiger partial charge in [-0.15, -0.1) is 0 Å². The van der Waals surface area contributed by atoms with Gasteiger partial charge in [0.2, 0.25) is 5.91 Å². The van der Waals surface area contributed by atoms with Crippen molar-refractivity contribution in [2.75, 3.05) is 31.1 Å². The van der Waals surface area contributed by atoms with E-state index in [1.165, 1.54) is 0 Å². The molecule has 0 aliphatic carbocycles. The standard InChI is InChI=1S/C23H26N4O3/c1-17-21(18(2)30-25-17)16-29-20-8-6-19(7-9-20)15-23(28)27-13-11-26(12-14-27)22-5-3-4-10-24-22/h3-10H,11-16H2,1-2H3. The van der Waals surface area contributed by atoms with Crippen LogP contribution >= 0.6 is 0 Å². The molecule has 0 saturated carbocycles. The zero-order valence-electron chi connectivity index (χ0n) is 17.4. The van der Waals surface area contributed by atoms with Crippen molar-refractivity contribution in [2.45, 2.75) is 26.9 Å². The smallest absolute Gasteiger partial charge is 0.227 e. The van der Waals surface area contributed by atoms with Gasteiger partial charge < -0.3 is 19.1 Å². The summed E-state index contributed by atoms with van der Waals surface area (Å²) in [5.41, 5.74) is 2.80. The van der Waals surface area contributed by atoms with Gasteiger partial charge in [-0.2, -0.15) is 0 Å². The van der Waals surface area contributed by atoms with Gasteiger partial charge in [0, 0.05) is 32.4 Å². The number of benzene rings is 1. The molecule has 1 aliphatic heterocycles. The molecule has 1 aromatic carbocycles. The summed E-state index contributed by atoms with van der Waals surface area (Å²) >= 11 is 0. The molecule has 0 atom stereocenters. The number of piperazine rings is 1. The number of pyridine rings is 1. The Balaban J connectivity index is 1.27. The summed E-state index contributed by atoms with van der Waals surface area (Å²) in [7, 11) is 0. The zero-order valence-corrected chi connectivity index (χ0v) is 17.4. The number of nitrogens with zero attached hydrogens (tertiary/aromatic N) is 4. The van der Waals surface area contributed by atoms with E-state index in [4.69, 9.17) is 9.26 Å². The lowest BCUT2D eigenvalue weighted by Crippen LogP contribution is -2.49. The summed E-state index contributed by atoms with van der Waals surface area (Å²) in [5.74, 6) is 2.66. The third-order valence-electron chi connectivity index (χ3n) is 5.45. The lowest BCUT2D eigenvalue weighted by molar-refractivity contribution is -0.130. The van der Waals surface area contributed by atoms with Gasteiger partial charge >= 0.3 is 0 Å². The van der Waals surface area contributed by atoms with Gasteiger partial charge in [0.25, 0.3) is 0 Å². The van der Waals surface area contributed by atoms with Crippen molar-refractivity contribution < 1.29 is 14.1 Å². The molecular weight excluding hydrogens is 380 g/mol. The Kier molecular flexibility index (Phi) is 5.97. The van der Waals surface area contributed by atoms with Crippen LogP contribution < -0.4 is 9.64 Å². The second-order valence-corrected chi connectivity index (χ2v) is 7.47. The maximum atomic E-state index is 12.7. The fourth-order valence-corrected chi connectivity index (χ4v) is 3.58. The van der Waals surface area contributed by atoms with Crippen LogP contribution in [-0.4, -0.2) is 47.1 Å².